The van der Waals surface area contributed by atoms with E-state index in [1.165, 1.54) is 0 Å². The molecular formula is C11H8N2O. The molecular weight excluding hydrogens is 176 g/mol. The molecule has 3 rings (SSSR count). The lowest BCUT2D eigenvalue weighted by molar-refractivity contribution is 0.481. The van der Waals surface area contributed by atoms with E-state index < -0.39 is 0 Å². The second-order valence-electron chi connectivity index (χ2n) is 3.23. The smallest absolute Gasteiger partial charge is 0.123 e. The molecule has 0 amide bonds. The van der Waals surface area contributed by atoms with Gasteiger partial charge < -0.3 is 10.4 Å². The molecule has 14 heavy (non-hydrogen) atoms. The van der Waals surface area contributed by atoms with E-state index in [9.17, 15) is 5.11 Å². The number of aliphatic imine (C=N–C) groups is 1. The number of nitrogens with zero attached hydrogens (tertiary/aromatic N) is 1. The Bertz CT molecular complexity index is 546. The van der Waals surface area contributed by atoms with Gasteiger partial charge >= 0.3 is 0 Å². The van der Waals surface area contributed by atoms with Crippen molar-refractivity contribution in [3.05, 3.63) is 30.3 Å². The standard InChI is InChI=1S/C11H8N2O/c14-10-5-4-9-11-7(10)2-1-3-8(11)12-6-13-9/h1-6,14H,(H,12,13). The molecule has 0 aromatic heterocycles. The van der Waals surface area contributed by atoms with Crippen molar-refractivity contribution in [3.63, 3.8) is 0 Å². The molecule has 0 aliphatic carbocycles. The van der Waals surface area contributed by atoms with Crippen molar-refractivity contribution in [3.8, 4) is 5.75 Å². The zero-order valence-corrected chi connectivity index (χ0v) is 7.36. The lowest BCUT2D eigenvalue weighted by atomic mass is 10.1. The zero-order chi connectivity index (χ0) is 9.54. The Morgan fingerprint density at radius 3 is 3.00 bits per heavy atom. The van der Waals surface area contributed by atoms with Gasteiger partial charge in [-0.1, -0.05) is 12.1 Å². The van der Waals surface area contributed by atoms with E-state index in [2.05, 4.69) is 10.3 Å². The van der Waals surface area contributed by atoms with Crippen molar-refractivity contribution < 1.29 is 5.11 Å². The monoisotopic (exact) mass is 184 g/mol. The normalized spacial score (nSPS) is 12.9. The Morgan fingerprint density at radius 2 is 2.07 bits per heavy atom. The molecule has 68 valence electrons. The molecule has 0 saturated carbocycles. The van der Waals surface area contributed by atoms with E-state index in [1.807, 2.05) is 24.3 Å². The van der Waals surface area contributed by atoms with Gasteiger partial charge in [-0.2, -0.15) is 0 Å². The maximum absolute atomic E-state index is 9.66. The highest BCUT2D eigenvalue weighted by molar-refractivity contribution is 6.10. The third kappa shape index (κ3) is 0.836. The van der Waals surface area contributed by atoms with Crippen LogP contribution in [0, 0.1) is 0 Å². The fraction of sp³-hybridized carbons (Fsp3) is 0. The van der Waals surface area contributed by atoms with Crippen LogP contribution in [-0.2, 0) is 0 Å². The summed E-state index contributed by atoms with van der Waals surface area (Å²) < 4.78 is 0. The van der Waals surface area contributed by atoms with Gasteiger partial charge in [-0.15, -0.1) is 0 Å². The number of hydrogen-bond acceptors (Lipinski definition) is 3. The summed E-state index contributed by atoms with van der Waals surface area (Å²) in [5.41, 5.74) is 1.88. The highest BCUT2D eigenvalue weighted by atomic mass is 16.3. The number of nitrogens with one attached hydrogen (secondary N) is 1. The first kappa shape index (κ1) is 7.38. The van der Waals surface area contributed by atoms with Crippen LogP contribution in [0.5, 0.6) is 5.75 Å². The van der Waals surface area contributed by atoms with Gasteiger partial charge in [-0.25, -0.2) is 4.99 Å². The highest BCUT2D eigenvalue weighted by Gasteiger charge is 2.10. The second kappa shape index (κ2) is 2.48. The van der Waals surface area contributed by atoms with Gasteiger partial charge in [-0.05, 0) is 18.2 Å². The van der Waals surface area contributed by atoms with Crippen LogP contribution in [-0.4, -0.2) is 11.4 Å². The maximum atomic E-state index is 9.66. The van der Waals surface area contributed by atoms with Crippen LogP contribution in [0.3, 0.4) is 0 Å². The van der Waals surface area contributed by atoms with E-state index in [1.54, 1.807) is 12.4 Å². The molecule has 0 saturated heterocycles. The predicted octanol–water partition coefficient (Wildman–Crippen LogP) is 2.63. The Balaban J connectivity index is 2.56. The summed E-state index contributed by atoms with van der Waals surface area (Å²) >= 11 is 0. The van der Waals surface area contributed by atoms with Crippen molar-refractivity contribution in [2.24, 2.45) is 4.99 Å². The number of hydrogen-bond donors (Lipinski definition) is 2. The molecule has 0 unspecified atom stereocenters. The van der Waals surface area contributed by atoms with E-state index in [-0.39, 0.29) is 0 Å². The summed E-state index contributed by atoms with van der Waals surface area (Å²) in [4.78, 5) is 4.21. The molecule has 0 spiro atoms. The number of rotatable bonds is 0. The van der Waals surface area contributed by atoms with Crippen LogP contribution < -0.4 is 5.32 Å². The Hall–Kier alpha value is -2.03. The van der Waals surface area contributed by atoms with Crippen molar-refractivity contribution >= 4 is 28.5 Å². The molecule has 3 nitrogen and oxygen atoms in total. The average molecular weight is 184 g/mol. The molecule has 1 aliphatic heterocycles. The van der Waals surface area contributed by atoms with Gasteiger partial charge in [0, 0.05) is 16.5 Å². The molecule has 0 fully saturated rings. The van der Waals surface area contributed by atoms with Gasteiger partial charge in [0.05, 0.1) is 12.0 Å². The minimum atomic E-state index is 0.296. The number of phenolic OH excluding ortho intramolecular Hbond substituents is 1. The van der Waals surface area contributed by atoms with E-state index in [4.69, 9.17) is 0 Å². The number of phenols is 1. The Morgan fingerprint density at radius 1 is 1.14 bits per heavy atom. The van der Waals surface area contributed by atoms with Crippen LogP contribution in [0.2, 0.25) is 0 Å². The summed E-state index contributed by atoms with van der Waals surface area (Å²) in [5, 5.41) is 14.5. The minimum Gasteiger partial charge on any atom is -0.507 e. The van der Waals surface area contributed by atoms with Crippen molar-refractivity contribution in [2.45, 2.75) is 0 Å². The van der Waals surface area contributed by atoms with Gasteiger partial charge in [0.15, 0.2) is 0 Å². The number of benzene rings is 2. The Labute approximate surface area is 80.7 Å². The molecule has 0 radical (unpaired) electrons. The molecule has 3 heteroatoms. The largest absolute Gasteiger partial charge is 0.507 e. The molecule has 1 heterocycles. The third-order valence-electron chi connectivity index (χ3n) is 2.42. The van der Waals surface area contributed by atoms with Crippen molar-refractivity contribution in [1.29, 1.82) is 0 Å². The van der Waals surface area contributed by atoms with Gasteiger partial charge in [-0.3, -0.25) is 0 Å². The lowest BCUT2D eigenvalue weighted by Crippen LogP contribution is -1.99. The first-order valence-corrected chi connectivity index (χ1v) is 4.40. The summed E-state index contributed by atoms with van der Waals surface area (Å²) in [6.07, 6.45) is 1.66. The van der Waals surface area contributed by atoms with Crippen LogP contribution in [0.4, 0.5) is 11.4 Å². The zero-order valence-electron chi connectivity index (χ0n) is 7.36. The first-order chi connectivity index (χ1) is 6.86. The topological polar surface area (TPSA) is 44.6 Å². The van der Waals surface area contributed by atoms with Crippen molar-refractivity contribution in [1.82, 2.24) is 0 Å². The van der Waals surface area contributed by atoms with E-state index in [0.717, 1.165) is 22.1 Å². The van der Waals surface area contributed by atoms with Gasteiger partial charge in [0.25, 0.3) is 0 Å². The highest BCUT2D eigenvalue weighted by Crippen LogP contribution is 2.38. The summed E-state index contributed by atoms with van der Waals surface area (Å²) in [6, 6.07) is 9.26. The molecule has 0 atom stereocenters. The third-order valence-corrected chi connectivity index (χ3v) is 2.42. The van der Waals surface area contributed by atoms with Crippen LogP contribution >= 0.6 is 0 Å². The fourth-order valence-corrected chi connectivity index (χ4v) is 1.77. The van der Waals surface area contributed by atoms with E-state index >= 15 is 0 Å². The second-order valence-corrected chi connectivity index (χ2v) is 3.23. The maximum Gasteiger partial charge on any atom is 0.123 e. The summed E-state index contributed by atoms with van der Waals surface area (Å²) in [6.45, 7) is 0. The molecule has 2 aromatic carbocycles. The molecule has 0 bridgehead atoms. The number of anilines is 1. The summed E-state index contributed by atoms with van der Waals surface area (Å²) in [7, 11) is 0. The average Bonchev–Trinajstić information content (AvgIpc) is 2.24. The lowest BCUT2D eigenvalue weighted by Gasteiger charge is -2.13. The van der Waals surface area contributed by atoms with E-state index in [0.29, 0.717) is 5.75 Å². The number of aromatic hydroxyl groups is 1. The first-order valence-electron chi connectivity index (χ1n) is 4.40. The Kier molecular flexibility index (Phi) is 1.31. The summed E-state index contributed by atoms with van der Waals surface area (Å²) in [5.74, 6) is 0.296. The van der Waals surface area contributed by atoms with Crippen LogP contribution in [0.15, 0.2) is 35.3 Å². The SMILES string of the molecule is Oc1ccc2c3c(cccc13)NC=N2. The van der Waals surface area contributed by atoms with Crippen LogP contribution in [0.1, 0.15) is 0 Å². The molecule has 2 N–H and O–H groups in total. The van der Waals surface area contributed by atoms with Gasteiger partial charge in [0.1, 0.15) is 5.75 Å². The minimum absolute atomic E-state index is 0.296. The van der Waals surface area contributed by atoms with Crippen molar-refractivity contribution in [2.75, 3.05) is 5.32 Å². The van der Waals surface area contributed by atoms with Crippen LogP contribution in [0.25, 0.3) is 10.8 Å². The van der Waals surface area contributed by atoms with Gasteiger partial charge in [0.2, 0.25) is 0 Å². The predicted molar refractivity (Wildman–Crippen MR) is 57.4 cm³/mol. The molecule has 2 aromatic rings. The fourth-order valence-electron chi connectivity index (χ4n) is 1.77. The quantitative estimate of drug-likeness (QED) is 0.661. The molecule has 1 aliphatic rings.